The number of thiol groups is 1. The molecule has 106 valence electrons. The molecule has 1 heterocycles. The molecular weight excluding hydrogens is 290 g/mol. The number of hydrogen-bond acceptors (Lipinski definition) is 5. The lowest BCUT2D eigenvalue weighted by molar-refractivity contribution is -0.144. The second-order valence-corrected chi connectivity index (χ2v) is 4.58. The van der Waals surface area contributed by atoms with Gasteiger partial charge >= 0.3 is 5.97 Å². The van der Waals surface area contributed by atoms with E-state index >= 15 is 0 Å². The first-order valence-corrected chi connectivity index (χ1v) is 6.70. The predicted octanol–water partition coefficient (Wildman–Crippen LogP) is 0.973. The number of rotatable bonds is 5. The Balaban J connectivity index is 2.86. The second-order valence-electron chi connectivity index (χ2n) is 3.83. The number of halogens is 1. The number of carbonyl (C=O) groups excluding carboxylic acids is 2. The van der Waals surface area contributed by atoms with E-state index in [0.29, 0.717) is 5.69 Å². The van der Waals surface area contributed by atoms with Gasteiger partial charge in [-0.15, -0.1) is 0 Å². The van der Waals surface area contributed by atoms with E-state index < -0.39 is 17.9 Å². The molecule has 0 aliphatic rings. The molecule has 8 heteroatoms. The number of hydrogen-bond donors (Lipinski definition) is 2. The van der Waals surface area contributed by atoms with Crippen molar-refractivity contribution < 1.29 is 14.3 Å². The van der Waals surface area contributed by atoms with Crippen LogP contribution in [0.15, 0.2) is 0 Å². The van der Waals surface area contributed by atoms with Crippen molar-refractivity contribution in [2.75, 3.05) is 12.4 Å². The smallest absolute Gasteiger partial charge is 0.329 e. The van der Waals surface area contributed by atoms with E-state index in [0.717, 1.165) is 0 Å². The number of esters is 1. The molecule has 1 rings (SSSR count). The minimum Gasteiger partial charge on any atom is -0.464 e. The zero-order valence-corrected chi connectivity index (χ0v) is 12.6. The van der Waals surface area contributed by atoms with Crippen LogP contribution >= 0.6 is 24.2 Å². The monoisotopic (exact) mass is 305 g/mol. The van der Waals surface area contributed by atoms with Crippen LogP contribution in [0.3, 0.4) is 0 Å². The number of amides is 1. The molecule has 1 aromatic heterocycles. The number of aromatic nitrogens is 2. The zero-order chi connectivity index (χ0) is 14.6. The van der Waals surface area contributed by atoms with E-state index in [2.05, 4.69) is 23.0 Å². The minimum absolute atomic E-state index is 0.138. The second kappa shape index (κ2) is 6.81. The van der Waals surface area contributed by atoms with Crippen molar-refractivity contribution in [2.24, 2.45) is 7.05 Å². The molecule has 1 atom stereocenters. The molecule has 0 aliphatic heterocycles. The Kier molecular flexibility index (Phi) is 5.68. The summed E-state index contributed by atoms with van der Waals surface area (Å²) in [6, 6.07) is -0.818. The molecule has 0 bridgehead atoms. The van der Waals surface area contributed by atoms with Crippen molar-refractivity contribution in [1.29, 1.82) is 0 Å². The van der Waals surface area contributed by atoms with Crippen LogP contribution in [0.4, 0.5) is 0 Å². The third-order valence-electron chi connectivity index (χ3n) is 2.42. The van der Waals surface area contributed by atoms with Crippen LogP contribution in [0.1, 0.15) is 23.1 Å². The lowest BCUT2D eigenvalue weighted by Crippen LogP contribution is -2.43. The highest BCUT2D eigenvalue weighted by Crippen LogP contribution is 2.19. The average Bonchev–Trinajstić information content (AvgIpc) is 2.60. The summed E-state index contributed by atoms with van der Waals surface area (Å²) in [5.41, 5.74) is 0.753. The highest BCUT2D eigenvalue weighted by atomic mass is 35.5. The molecule has 0 saturated carbocycles. The van der Waals surface area contributed by atoms with Gasteiger partial charge in [0.2, 0.25) is 0 Å². The van der Waals surface area contributed by atoms with Crippen LogP contribution in [0, 0.1) is 6.92 Å². The van der Waals surface area contributed by atoms with Gasteiger partial charge in [-0.25, -0.2) is 4.79 Å². The molecule has 0 radical (unpaired) electrons. The van der Waals surface area contributed by atoms with E-state index in [4.69, 9.17) is 16.3 Å². The van der Waals surface area contributed by atoms with E-state index in [1.165, 1.54) is 4.68 Å². The summed E-state index contributed by atoms with van der Waals surface area (Å²) in [5, 5.41) is 6.83. The molecule has 0 fully saturated rings. The maximum absolute atomic E-state index is 12.1. The normalized spacial score (nSPS) is 12.1. The number of ether oxygens (including phenoxy) is 1. The first kappa shape index (κ1) is 15.8. The van der Waals surface area contributed by atoms with Gasteiger partial charge in [0.25, 0.3) is 5.91 Å². The summed E-state index contributed by atoms with van der Waals surface area (Å²) >= 11 is 10.0. The Morgan fingerprint density at radius 3 is 2.63 bits per heavy atom. The first-order chi connectivity index (χ1) is 8.92. The van der Waals surface area contributed by atoms with Crippen LogP contribution in [0.5, 0.6) is 0 Å². The van der Waals surface area contributed by atoms with Crippen LogP contribution in [0.25, 0.3) is 0 Å². The quantitative estimate of drug-likeness (QED) is 0.628. The van der Waals surface area contributed by atoms with Crippen LogP contribution in [0.2, 0.25) is 5.02 Å². The van der Waals surface area contributed by atoms with Gasteiger partial charge in [0, 0.05) is 12.8 Å². The first-order valence-electron chi connectivity index (χ1n) is 5.69. The number of aryl methyl sites for hydroxylation is 2. The number of carbonyl (C=O) groups is 2. The molecule has 0 unspecified atom stereocenters. The maximum atomic E-state index is 12.1. The third-order valence-corrected chi connectivity index (χ3v) is 3.24. The lowest BCUT2D eigenvalue weighted by atomic mass is 10.3. The van der Waals surface area contributed by atoms with Gasteiger partial charge in [0.1, 0.15) is 11.7 Å². The summed E-state index contributed by atoms with van der Waals surface area (Å²) in [7, 11) is 1.61. The van der Waals surface area contributed by atoms with Crippen LogP contribution in [-0.2, 0) is 16.6 Å². The highest BCUT2D eigenvalue weighted by Gasteiger charge is 2.25. The topological polar surface area (TPSA) is 73.2 Å². The lowest BCUT2D eigenvalue weighted by Gasteiger charge is -2.15. The molecule has 19 heavy (non-hydrogen) atoms. The summed E-state index contributed by atoms with van der Waals surface area (Å²) < 4.78 is 6.21. The molecule has 0 spiro atoms. The number of nitrogens with zero attached hydrogens (tertiary/aromatic N) is 2. The maximum Gasteiger partial charge on any atom is 0.329 e. The van der Waals surface area contributed by atoms with Gasteiger partial charge in [-0.2, -0.15) is 17.7 Å². The molecule has 6 nitrogen and oxygen atoms in total. The molecule has 0 aliphatic carbocycles. The number of nitrogens with one attached hydrogen (secondary N) is 1. The predicted molar refractivity (Wildman–Crippen MR) is 74.7 cm³/mol. The molecule has 1 amide bonds. The van der Waals surface area contributed by atoms with E-state index in [1.807, 2.05) is 0 Å². The average molecular weight is 306 g/mol. The van der Waals surface area contributed by atoms with Gasteiger partial charge in [-0.05, 0) is 13.8 Å². The Labute approximate surface area is 121 Å². The Morgan fingerprint density at radius 1 is 1.58 bits per heavy atom. The molecule has 1 aromatic rings. The SMILES string of the molecule is CCOC(=O)[C@H](CS)NC(=O)c1c(Cl)c(C)nn1C. The molecule has 1 N–H and O–H groups in total. The highest BCUT2D eigenvalue weighted by molar-refractivity contribution is 7.80. The third kappa shape index (κ3) is 3.63. The van der Waals surface area contributed by atoms with E-state index in [9.17, 15) is 9.59 Å². The fourth-order valence-corrected chi connectivity index (χ4v) is 2.01. The van der Waals surface area contributed by atoms with Gasteiger partial charge in [-0.1, -0.05) is 11.6 Å². The summed E-state index contributed by atoms with van der Waals surface area (Å²) in [6.45, 7) is 3.63. The van der Waals surface area contributed by atoms with E-state index in [-0.39, 0.29) is 23.1 Å². The van der Waals surface area contributed by atoms with Crippen molar-refractivity contribution >= 4 is 36.1 Å². The Bertz CT molecular complexity index is 490. The minimum atomic E-state index is -0.818. The summed E-state index contributed by atoms with van der Waals surface area (Å²) in [4.78, 5) is 23.7. The Hall–Kier alpha value is -1.21. The molecule has 0 saturated heterocycles. The van der Waals surface area contributed by atoms with Gasteiger partial charge in [-0.3, -0.25) is 9.48 Å². The van der Waals surface area contributed by atoms with Gasteiger partial charge < -0.3 is 10.1 Å². The van der Waals surface area contributed by atoms with Crippen molar-refractivity contribution in [3.63, 3.8) is 0 Å². The summed E-state index contributed by atoms with van der Waals surface area (Å²) in [6.07, 6.45) is 0. The standard InChI is InChI=1S/C11H16ClN3O3S/c1-4-18-11(17)7(5-19)13-10(16)9-8(12)6(2)14-15(9)3/h7,19H,4-5H2,1-3H3,(H,13,16)/t7-/m0/s1. The molecular formula is C11H16ClN3O3S. The van der Waals surface area contributed by atoms with E-state index in [1.54, 1.807) is 20.9 Å². The van der Waals surface area contributed by atoms with Crippen molar-refractivity contribution in [2.45, 2.75) is 19.9 Å². The fourth-order valence-electron chi connectivity index (χ4n) is 1.53. The Morgan fingerprint density at radius 2 is 2.21 bits per heavy atom. The fraction of sp³-hybridized carbons (Fsp3) is 0.545. The summed E-state index contributed by atoms with van der Waals surface area (Å²) in [5.74, 6) is -0.875. The molecule has 0 aromatic carbocycles. The van der Waals surface area contributed by atoms with Crippen molar-refractivity contribution in [1.82, 2.24) is 15.1 Å². The van der Waals surface area contributed by atoms with Crippen LogP contribution < -0.4 is 5.32 Å². The largest absolute Gasteiger partial charge is 0.464 e. The van der Waals surface area contributed by atoms with Crippen molar-refractivity contribution in [3.8, 4) is 0 Å². The zero-order valence-electron chi connectivity index (χ0n) is 10.9. The van der Waals surface area contributed by atoms with Gasteiger partial charge in [0.15, 0.2) is 0 Å². The van der Waals surface area contributed by atoms with Gasteiger partial charge in [0.05, 0.1) is 17.3 Å². The van der Waals surface area contributed by atoms with Crippen LogP contribution in [-0.4, -0.2) is 40.1 Å². The van der Waals surface area contributed by atoms with Crippen molar-refractivity contribution in [3.05, 3.63) is 16.4 Å².